The van der Waals surface area contributed by atoms with E-state index in [4.69, 9.17) is 0 Å². The molecule has 0 amide bonds. The van der Waals surface area contributed by atoms with Crippen molar-refractivity contribution in [3.8, 4) is 0 Å². The zero-order valence-corrected chi connectivity index (χ0v) is 10.9. The van der Waals surface area contributed by atoms with Gasteiger partial charge in [0.25, 0.3) is 0 Å². The lowest BCUT2D eigenvalue weighted by Gasteiger charge is -2.32. The van der Waals surface area contributed by atoms with E-state index < -0.39 is 0 Å². The minimum Gasteiger partial charge on any atom is -0.0654 e. The average molecular weight is 210 g/mol. The van der Waals surface area contributed by atoms with Gasteiger partial charge in [0.2, 0.25) is 0 Å². The number of unbranched alkanes of at least 4 members (excludes halogenated alkanes) is 7. The third kappa shape index (κ3) is 6.22. The summed E-state index contributed by atoms with van der Waals surface area (Å²) in [5.41, 5.74) is 0. The second-order valence-electron chi connectivity index (χ2n) is 5.71. The van der Waals surface area contributed by atoms with Crippen molar-refractivity contribution in [3.63, 3.8) is 0 Å². The SMILES string of the molecule is CCCCCCCCCCC1CC(C)C1. The number of hydrogen-bond acceptors (Lipinski definition) is 0. The molecule has 0 bridgehead atoms. The fourth-order valence-electron chi connectivity index (χ4n) is 2.87. The first-order valence-electron chi connectivity index (χ1n) is 7.33. The summed E-state index contributed by atoms with van der Waals surface area (Å²) in [5.74, 6) is 2.16. The summed E-state index contributed by atoms with van der Waals surface area (Å²) in [6.45, 7) is 4.68. The van der Waals surface area contributed by atoms with Gasteiger partial charge in [0.05, 0.1) is 0 Å². The van der Waals surface area contributed by atoms with Crippen LogP contribution in [0, 0.1) is 11.8 Å². The Morgan fingerprint density at radius 3 is 1.87 bits per heavy atom. The molecule has 0 aromatic heterocycles. The van der Waals surface area contributed by atoms with Crippen LogP contribution in [-0.2, 0) is 0 Å². The maximum absolute atomic E-state index is 2.39. The molecule has 1 rings (SSSR count). The van der Waals surface area contributed by atoms with Crippen LogP contribution < -0.4 is 0 Å². The summed E-state index contributed by atoms with van der Waals surface area (Å²) in [6, 6.07) is 0. The number of rotatable bonds is 9. The quantitative estimate of drug-likeness (QED) is 0.437. The van der Waals surface area contributed by atoms with Crippen LogP contribution in [0.15, 0.2) is 0 Å². The summed E-state index contributed by atoms with van der Waals surface area (Å²) < 4.78 is 0. The zero-order chi connectivity index (χ0) is 10.9. The molecule has 0 radical (unpaired) electrons. The predicted octanol–water partition coefficient (Wildman–Crippen LogP) is 5.56. The molecule has 1 fully saturated rings. The molecule has 0 saturated heterocycles. The number of hydrogen-bond donors (Lipinski definition) is 0. The van der Waals surface area contributed by atoms with Crippen LogP contribution in [0.5, 0.6) is 0 Å². The molecule has 0 heterocycles. The van der Waals surface area contributed by atoms with E-state index in [2.05, 4.69) is 13.8 Å². The van der Waals surface area contributed by atoms with Crippen molar-refractivity contribution < 1.29 is 0 Å². The Morgan fingerprint density at radius 2 is 1.33 bits per heavy atom. The van der Waals surface area contributed by atoms with Gasteiger partial charge in [-0.25, -0.2) is 0 Å². The highest BCUT2D eigenvalue weighted by molar-refractivity contribution is 4.75. The van der Waals surface area contributed by atoms with Crippen LogP contribution in [0.3, 0.4) is 0 Å². The largest absolute Gasteiger partial charge is 0.0654 e. The summed E-state index contributed by atoms with van der Waals surface area (Å²) in [4.78, 5) is 0. The summed E-state index contributed by atoms with van der Waals surface area (Å²) in [5, 5.41) is 0. The molecule has 0 N–H and O–H groups in total. The van der Waals surface area contributed by atoms with Crippen molar-refractivity contribution in [2.45, 2.75) is 84.5 Å². The lowest BCUT2D eigenvalue weighted by atomic mass is 9.74. The van der Waals surface area contributed by atoms with Crippen molar-refractivity contribution in [1.29, 1.82) is 0 Å². The molecular formula is C15H30. The van der Waals surface area contributed by atoms with Crippen LogP contribution >= 0.6 is 0 Å². The molecule has 0 spiro atoms. The maximum Gasteiger partial charge on any atom is -0.0409 e. The highest BCUT2D eigenvalue weighted by Crippen LogP contribution is 2.36. The van der Waals surface area contributed by atoms with E-state index in [1.54, 1.807) is 0 Å². The van der Waals surface area contributed by atoms with E-state index in [1.807, 2.05) is 0 Å². The van der Waals surface area contributed by atoms with Crippen LogP contribution in [0.25, 0.3) is 0 Å². The molecule has 1 aliphatic rings. The van der Waals surface area contributed by atoms with E-state index in [1.165, 1.54) is 70.6 Å². The van der Waals surface area contributed by atoms with Gasteiger partial charge >= 0.3 is 0 Å². The van der Waals surface area contributed by atoms with Gasteiger partial charge in [-0.05, 0) is 24.7 Å². The molecular weight excluding hydrogens is 180 g/mol. The van der Waals surface area contributed by atoms with Gasteiger partial charge in [-0.3, -0.25) is 0 Å². The molecule has 15 heavy (non-hydrogen) atoms. The second-order valence-corrected chi connectivity index (χ2v) is 5.71. The monoisotopic (exact) mass is 210 g/mol. The first-order valence-corrected chi connectivity index (χ1v) is 7.33. The third-order valence-electron chi connectivity index (χ3n) is 3.94. The van der Waals surface area contributed by atoms with Gasteiger partial charge < -0.3 is 0 Å². The minimum atomic E-state index is 1.05. The molecule has 0 nitrogen and oxygen atoms in total. The van der Waals surface area contributed by atoms with Gasteiger partial charge in [-0.15, -0.1) is 0 Å². The predicted molar refractivity (Wildman–Crippen MR) is 69.1 cm³/mol. The molecule has 1 aliphatic carbocycles. The maximum atomic E-state index is 2.39. The van der Waals surface area contributed by atoms with Crippen molar-refractivity contribution in [1.82, 2.24) is 0 Å². The Balaban J connectivity index is 1.70. The highest BCUT2D eigenvalue weighted by Gasteiger charge is 2.23. The summed E-state index contributed by atoms with van der Waals surface area (Å²) in [6.07, 6.45) is 16.3. The molecule has 90 valence electrons. The van der Waals surface area contributed by atoms with Crippen molar-refractivity contribution in [2.75, 3.05) is 0 Å². The Bertz CT molecular complexity index is 133. The molecule has 1 saturated carbocycles. The molecule has 0 heteroatoms. The first-order chi connectivity index (χ1) is 7.33. The van der Waals surface area contributed by atoms with E-state index in [9.17, 15) is 0 Å². The lowest BCUT2D eigenvalue weighted by molar-refractivity contribution is 0.195. The molecule has 0 aromatic carbocycles. The van der Waals surface area contributed by atoms with Gasteiger partial charge in [0.1, 0.15) is 0 Å². The van der Waals surface area contributed by atoms with Crippen LogP contribution in [0.4, 0.5) is 0 Å². The highest BCUT2D eigenvalue weighted by atomic mass is 14.3. The van der Waals surface area contributed by atoms with Gasteiger partial charge in [0.15, 0.2) is 0 Å². The summed E-state index contributed by atoms with van der Waals surface area (Å²) >= 11 is 0. The molecule has 0 aliphatic heterocycles. The smallest absolute Gasteiger partial charge is 0.0409 e. The third-order valence-corrected chi connectivity index (χ3v) is 3.94. The van der Waals surface area contributed by atoms with Crippen molar-refractivity contribution >= 4 is 0 Å². The fraction of sp³-hybridized carbons (Fsp3) is 1.00. The molecule has 0 aromatic rings. The Labute approximate surface area is 96.8 Å². The summed E-state index contributed by atoms with van der Waals surface area (Å²) in [7, 11) is 0. The van der Waals surface area contributed by atoms with E-state index in [-0.39, 0.29) is 0 Å². The van der Waals surface area contributed by atoms with E-state index >= 15 is 0 Å². The first kappa shape index (κ1) is 13.1. The van der Waals surface area contributed by atoms with Crippen LogP contribution in [-0.4, -0.2) is 0 Å². The fourth-order valence-corrected chi connectivity index (χ4v) is 2.87. The normalized spacial score (nSPS) is 25.2. The van der Waals surface area contributed by atoms with Crippen LogP contribution in [0.1, 0.15) is 84.5 Å². The minimum absolute atomic E-state index is 1.05. The molecule has 0 unspecified atom stereocenters. The van der Waals surface area contributed by atoms with Gasteiger partial charge in [0, 0.05) is 0 Å². The van der Waals surface area contributed by atoms with E-state index in [0.29, 0.717) is 0 Å². The lowest BCUT2D eigenvalue weighted by Crippen LogP contribution is -2.20. The Kier molecular flexibility index (Phi) is 7.13. The zero-order valence-electron chi connectivity index (χ0n) is 10.9. The van der Waals surface area contributed by atoms with Crippen LogP contribution in [0.2, 0.25) is 0 Å². The Hall–Kier alpha value is 0. The average Bonchev–Trinajstić information content (AvgIpc) is 2.19. The molecule has 0 atom stereocenters. The van der Waals surface area contributed by atoms with Crippen molar-refractivity contribution in [2.24, 2.45) is 11.8 Å². The standard InChI is InChI=1S/C15H30/c1-3-4-5-6-7-8-9-10-11-15-12-14(2)13-15/h14-15H,3-13H2,1-2H3. The Morgan fingerprint density at radius 1 is 0.800 bits per heavy atom. The van der Waals surface area contributed by atoms with Crippen molar-refractivity contribution in [3.05, 3.63) is 0 Å². The van der Waals surface area contributed by atoms with Gasteiger partial charge in [-0.1, -0.05) is 71.6 Å². The van der Waals surface area contributed by atoms with E-state index in [0.717, 1.165) is 11.8 Å². The van der Waals surface area contributed by atoms with Gasteiger partial charge in [-0.2, -0.15) is 0 Å². The second kappa shape index (κ2) is 8.19. The topological polar surface area (TPSA) is 0 Å².